The summed E-state index contributed by atoms with van der Waals surface area (Å²) < 4.78 is 5.40. The third-order valence-corrected chi connectivity index (χ3v) is 12.4. The molecule has 8 bridgehead atoms. The number of halogens is 3. The van der Waals surface area contributed by atoms with E-state index in [1.54, 1.807) is 7.11 Å². The summed E-state index contributed by atoms with van der Waals surface area (Å²) in [5.41, 5.74) is 20.9. The monoisotopic (exact) mass is 934 g/mol. The summed E-state index contributed by atoms with van der Waals surface area (Å²) in [6.07, 6.45) is 4.40. The number of hydrogen-bond donors (Lipinski definition) is 2. The van der Waals surface area contributed by atoms with E-state index in [9.17, 15) is 0 Å². The van der Waals surface area contributed by atoms with Crippen LogP contribution in [0.3, 0.4) is 0 Å². The summed E-state index contributed by atoms with van der Waals surface area (Å²) in [6, 6.07) is 47.7. The van der Waals surface area contributed by atoms with Crippen molar-refractivity contribution >= 4 is 93.2 Å². The van der Waals surface area contributed by atoms with Crippen LogP contribution < -0.4 is 0 Å². The maximum absolute atomic E-state index is 5.40. The zero-order chi connectivity index (χ0) is 38.9. The van der Waals surface area contributed by atoms with E-state index in [-0.39, 0.29) is 0 Å². The van der Waals surface area contributed by atoms with Crippen molar-refractivity contribution in [1.29, 1.82) is 0 Å². The number of aromatic nitrogens is 4. The van der Waals surface area contributed by atoms with Crippen LogP contribution in [0.5, 0.6) is 0 Å². The average Bonchev–Trinajstić information content (AvgIpc) is 4.07. The molecule has 5 nitrogen and oxygen atoms in total. The first-order valence-corrected chi connectivity index (χ1v) is 22.1. The summed E-state index contributed by atoms with van der Waals surface area (Å²) in [5.74, 6) is 0. The number of ether oxygens (including phenoxy) is 1. The number of alkyl halides is 3. The number of fused-ring (bicyclic) bond motifs is 10. The topological polar surface area (TPSA) is 66.6 Å². The Morgan fingerprint density at radius 2 is 0.807 bits per heavy atom. The minimum Gasteiger partial charge on any atom is -0.380 e. The molecular weight excluding hydrogens is 900 g/mol. The fraction of sp³-hybridized carbons (Fsp3) is 0.102. The Labute approximate surface area is 357 Å². The maximum Gasteiger partial charge on any atom is 0.0879 e. The summed E-state index contributed by atoms with van der Waals surface area (Å²) >= 11 is 10.8. The predicted molar refractivity (Wildman–Crippen MR) is 247 cm³/mol. The molecule has 0 atom stereocenters. The number of nitrogens with one attached hydrogen (secondary N) is 2. The molecule has 3 aromatic heterocycles. The second kappa shape index (κ2) is 16.4. The molecule has 2 N–H and O–H groups in total. The quantitative estimate of drug-likeness (QED) is 0.142. The number of methoxy groups -OCH3 is 1. The van der Waals surface area contributed by atoms with Gasteiger partial charge in [0.25, 0.3) is 0 Å². The molecule has 4 aromatic carbocycles. The largest absolute Gasteiger partial charge is 0.380 e. The van der Waals surface area contributed by atoms with Gasteiger partial charge in [-0.15, -0.1) is 0 Å². The Balaban J connectivity index is 1.32. The highest BCUT2D eigenvalue weighted by molar-refractivity contribution is 9.09. The smallest absolute Gasteiger partial charge is 0.0879 e. The van der Waals surface area contributed by atoms with Gasteiger partial charge in [0.05, 0.1) is 40.4 Å². The van der Waals surface area contributed by atoms with Gasteiger partial charge >= 0.3 is 0 Å². The Morgan fingerprint density at radius 3 is 1.18 bits per heavy atom. The van der Waals surface area contributed by atoms with Crippen molar-refractivity contribution < 1.29 is 4.74 Å². The number of rotatable bonds is 9. The molecule has 0 aliphatic carbocycles. The van der Waals surface area contributed by atoms with Gasteiger partial charge in [-0.05, 0) is 93.1 Å². The fourth-order valence-corrected chi connectivity index (χ4v) is 8.53. The van der Waals surface area contributed by atoms with Crippen molar-refractivity contribution in [3.63, 3.8) is 0 Å². The molecule has 0 radical (unpaired) electrons. The first-order chi connectivity index (χ1) is 28.0. The zero-order valence-electron chi connectivity index (χ0n) is 31.1. The van der Waals surface area contributed by atoms with Crippen LogP contribution in [0, 0.1) is 0 Å². The van der Waals surface area contributed by atoms with Crippen LogP contribution in [0.1, 0.15) is 56.2 Å². The van der Waals surface area contributed by atoms with Crippen LogP contribution in [0.2, 0.25) is 0 Å². The lowest BCUT2D eigenvalue weighted by Gasteiger charge is -2.04. The molecule has 0 saturated heterocycles. The van der Waals surface area contributed by atoms with Crippen molar-refractivity contribution in [2.45, 2.75) is 22.6 Å². The molecule has 0 saturated carbocycles. The van der Waals surface area contributed by atoms with E-state index in [1.165, 1.54) is 16.7 Å². The van der Waals surface area contributed by atoms with E-state index >= 15 is 0 Å². The Morgan fingerprint density at radius 1 is 0.439 bits per heavy atom. The van der Waals surface area contributed by atoms with E-state index in [4.69, 9.17) is 14.7 Å². The van der Waals surface area contributed by atoms with Gasteiger partial charge in [-0.25, -0.2) is 9.97 Å². The maximum atomic E-state index is 5.40. The van der Waals surface area contributed by atoms with Crippen LogP contribution in [-0.2, 0) is 27.3 Å². The zero-order valence-corrected chi connectivity index (χ0v) is 35.9. The highest BCUT2D eigenvalue weighted by Crippen LogP contribution is 2.36. The summed E-state index contributed by atoms with van der Waals surface area (Å²) in [7, 11) is 1.72. The molecule has 5 heterocycles. The number of hydrogen-bond acceptors (Lipinski definition) is 3. The molecular formula is C49H37Br3N4O. The van der Waals surface area contributed by atoms with E-state index < -0.39 is 0 Å². The third-order valence-electron chi connectivity index (χ3n) is 10.5. The summed E-state index contributed by atoms with van der Waals surface area (Å²) in [6.45, 7) is 0.564. The summed E-state index contributed by atoms with van der Waals surface area (Å²) in [5, 5.41) is 2.41. The number of benzene rings is 4. The van der Waals surface area contributed by atoms with Crippen LogP contribution in [-0.4, -0.2) is 27.0 Å². The molecule has 7 aromatic rings. The highest BCUT2D eigenvalue weighted by atomic mass is 79.9. The second-order valence-corrected chi connectivity index (χ2v) is 15.9. The molecule has 2 aliphatic rings. The lowest BCUT2D eigenvalue weighted by Crippen LogP contribution is -1.89. The number of nitrogens with zero attached hydrogens (tertiary/aromatic N) is 2. The average molecular weight is 938 g/mol. The SMILES string of the molecule is COCc1ccc(C2=Cc3nc2ccc2[nH]c(cc2-c2ccc(CBr)cc2)c2nc(ccc4[nH]c3cc4-c3ccc(CBr)cc3)C(c3ccc(CBr)cc3)=C2)cc1. The van der Waals surface area contributed by atoms with Crippen LogP contribution in [0.25, 0.3) is 67.6 Å². The molecule has 0 amide bonds. The van der Waals surface area contributed by atoms with Crippen molar-refractivity contribution in [3.05, 3.63) is 190 Å². The first-order valence-electron chi connectivity index (χ1n) is 18.7. The first kappa shape index (κ1) is 37.5. The number of H-pyrrole nitrogens is 2. The Bertz CT molecular complexity index is 2830. The molecule has 2 aliphatic heterocycles. The van der Waals surface area contributed by atoms with Gasteiger partial charge in [-0.3, -0.25) is 0 Å². The predicted octanol–water partition coefficient (Wildman–Crippen LogP) is 13.7. The summed E-state index contributed by atoms with van der Waals surface area (Å²) in [4.78, 5) is 18.1. The molecule has 9 rings (SSSR count). The van der Waals surface area contributed by atoms with Gasteiger partial charge in [0, 0.05) is 56.4 Å². The van der Waals surface area contributed by atoms with Crippen molar-refractivity contribution in [2.75, 3.05) is 7.11 Å². The normalized spacial score (nSPS) is 12.4. The minimum atomic E-state index is 0.564. The van der Waals surface area contributed by atoms with E-state index in [0.717, 1.165) is 111 Å². The minimum absolute atomic E-state index is 0.564. The van der Waals surface area contributed by atoms with Crippen LogP contribution >= 0.6 is 47.8 Å². The standard InChI is InChI=1S/C49H37Br3N4O/c1-57-29-33-8-16-37(17-9-33)41-25-49-48-24-40(36-14-6-32(28-52)7-15-36)43(55-48)19-18-42-38(34-10-2-30(26-50)3-11-34)22-46(53-42)47-23-39(35-12-4-31(27-51)5-13-35)44(54-47)20-21-45(41)56-49/h2-25,54-55H,26-29H2,1H3. The van der Waals surface area contributed by atoms with E-state index in [2.05, 4.69) is 203 Å². The molecule has 0 spiro atoms. The van der Waals surface area contributed by atoms with Crippen molar-refractivity contribution in [3.8, 4) is 22.3 Å². The molecule has 280 valence electrons. The molecule has 0 unspecified atom stereocenters. The van der Waals surface area contributed by atoms with Gasteiger partial charge < -0.3 is 14.7 Å². The molecule has 8 heteroatoms. The van der Waals surface area contributed by atoms with Gasteiger partial charge in [0.1, 0.15) is 0 Å². The van der Waals surface area contributed by atoms with Gasteiger partial charge in [-0.2, -0.15) is 0 Å². The fourth-order valence-electron chi connectivity index (χ4n) is 7.41. The van der Waals surface area contributed by atoms with E-state index in [1.807, 2.05) is 0 Å². The van der Waals surface area contributed by atoms with Gasteiger partial charge in [0.2, 0.25) is 0 Å². The van der Waals surface area contributed by atoms with Crippen LogP contribution in [0.15, 0.2) is 133 Å². The molecule has 57 heavy (non-hydrogen) atoms. The second-order valence-electron chi connectivity index (χ2n) is 14.2. The lowest BCUT2D eigenvalue weighted by molar-refractivity contribution is 0.185. The number of aromatic amines is 2. The van der Waals surface area contributed by atoms with Crippen molar-refractivity contribution in [2.24, 2.45) is 0 Å². The Kier molecular flexibility index (Phi) is 10.8. The molecule has 0 fully saturated rings. The van der Waals surface area contributed by atoms with Gasteiger partial charge in [0.15, 0.2) is 0 Å². The lowest BCUT2D eigenvalue weighted by atomic mass is 10.0. The Hall–Kier alpha value is -5.12. The third kappa shape index (κ3) is 7.67. The van der Waals surface area contributed by atoms with Crippen LogP contribution in [0.4, 0.5) is 0 Å². The highest BCUT2D eigenvalue weighted by Gasteiger charge is 2.18. The van der Waals surface area contributed by atoms with Crippen molar-refractivity contribution in [1.82, 2.24) is 19.9 Å². The van der Waals surface area contributed by atoms with Gasteiger partial charge in [-0.1, -0.05) is 145 Å². The van der Waals surface area contributed by atoms with E-state index in [0.29, 0.717) is 6.61 Å².